The Morgan fingerprint density at radius 3 is 2.13 bits per heavy atom. The van der Waals surface area contributed by atoms with E-state index in [2.05, 4.69) is 12.2 Å². The van der Waals surface area contributed by atoms with Crippen LogP contribution in [0, 0.1) is 23.4 Å². The molecule has 0 aliphatic heterocycles. The van der Waals surface area contributed by atoms with Gasteiger partial charge in [-0.2, -0.15) is 8.78 Å². The highest BCUT2D eigenvalue weighted by Crippen LogP contribution is 2.40. The topological polar surface area (TPSA) is 0 Å². The third kappa shape index (κ3) is 5.23. The van der Waals surface area contributed by atoms with Crippen molar-refractivity contribution in [3.8, 4) is 11.1 Å². The molecule has 0 radical (unpaired) electrons. The fraction of sp³-hybridized carbons (Fsp3) is 0.417. The smallest absolute Gasteiger partial charge is 0.206 e. The van der Waals surface area contributed by atoms with Crippen LogP contribution in [0.5, 0.6) is 0 Å². The highest BCUT2D eigenvalue weighted by molar-refractivity contribution is 6.21. The largest absolute Gasteiger partial charge is 0.353 e. The number of hydrogen-bond donors (Lipinski definition) is 0. The Balaban J connectivity index is 1.75. The van der Waals surface area contributed by atoms with Crippen LogP contribution < -0.4 is 0 Å². The summed E-state index contributed by atoms with van der Waals surface area (Å²) in [6, 6.07) is 5.96. The minimum atomic E-state index is -4.18. The van der Waals surface area contributed by atoms with Gasteiger partial charge in [0.1, 0.15) is 23.0 Å². The van der Waals surface area contributed by atoms with Gasteiger partial charge in [-0.15, -0.1) is 0 Å². The van der Waals surface area contributed by atoms with Crippen molar-refractivity contribution in [2.24, 2.45) is 5.92 Å². The van der Waals surface area contributed by atoms with Gasteiger partial charge in [0, 0.05) is 5.56 Å². The monoisotopic (exact) mass is 442 g/mol. The first-order chi connectivity index (χ1) is 14.2. The second-order valence-corrected chi connectivity index (χ2v) is 8.39. The maximum absolute atomic E-state index is 14.7. The molecule has 0 amide bonds. The van der Waals surface area contributed by atoms with Crippen molar-refractivity contribution in [1.82, 2.24) is 0 Å². The zero-order valence-corrected chi connectivity index (χ0v) is 17.5. The molecular formula is C24H24ClF5. The average Bonchev–Trinajstić information content (AvgIpc) is 2.67. The number of rotatable bonds is 6. The Morgan fingerprint density at radius 2 is 1.60 bits per heavy atom. The predicted molar refractivity (Wildman–Crippen MR) is 110 cm³/mol. The lowest BCUT2D eigenvalue weighted by Gasteiger charge is -2.28. The van der Waals surface area contributed by atoms with Gasteiger partial charge in [-0.05, 0) is 98.2 Å². The molecule has 1 fully saturated rings. The third-order valence-electron chi connectivity index (χ3n) is 5.93. The number of alkyl halides is 3. The molecule has 2 aromatic carbocycles. The van der Waals surface area contributed by atoms with E-state index in [9.17, 15) is 22.0 Å². The van der Waals surface area contributed by atoms with Crippen LogP contribution in [-0.2, 0) is 5.38 Å². The lowest BCUT2D eigenvalue weighted by Crippen LogP contribution is -2.13. The first kappa shape index (κ1) is 22.8. The summed E-state index contributed by atoms with van der Waals surface area (Å²) < 4.78 is 69.1. The van der Waals surface area contributed by atoms with Gasteiger partial charge in [0.05, 0.1) is 0 Å². The minimum Gasteiger partial charge on any atom is -0.206 e. The summed E-state index contributed by atoms with van der Waals surface area (Å²) in [6.07, 6.45) is 10.6. The lowest BCUT2D eigenvalue weighted by molar-refractivity contribution is 0.0859. The molecule has 1 aliphatic rings. The Kier molecular flexibility index (Phi) is 7.22. The van der Waals surface area contributed by atoms with Gasteiger partial charge in [0.2, 0.25) is 0 Å². The number of allylic oxidation sites excluding steroid dienone is 2. The average molecular weight is 443 g/mol. The van der Waals surface area contributed by atoms with Crippen molar-refractivity contribution < 1.29 is 22.0 Å². The number of halogens is 6. The van der Waals surface area contributed by atoms with Crippen LogP contribution in [-0.4, -0.2) is 0 Å². The lowest BCUT2D eigenvalue weighted by atomic mass is 9.77. The van der Waals surface area contributed by atoms with Gasteiger partial charge in [0.15, 0.2) is 0 Å². The summed E-state index contributed by atoms with van der Waals surface area (Å²) >= 11 is 4.76. The second kappa shape index (κ2) is 9.51. The molecule has 3 rings (SSSR count). The van der Waals surface area contributed by atoms with Crippen molar-refractivity contribution in [3.05, 3.63) is 71.1 Å². The zero-order chi connectivity index (χ0) is 21.9. The molecule has 0 atom stereocenters. The van der Waals surface area contributed by atoms with Crippen LogP contribution in [0.15, 0.2) is 42.5 Å². The van der Waals surface area contributed by atoms with E-state index in [1.165, 1.54) is 18.6 Å². The molecule has 162 valence electrons. The van der Waals surface area contributed by atoms with E-state index in [-0.39, 0.29) is 17.0 Å². The third-order valence-corrected chi connectivity index (χ3v) is 6.11. The Labute approximate surface area is 178 Å². The summed E-state index contributed by atoms with van der Waals surface area (Å²) in [5.41, 5.74) is -0.864. The van der Waals surface area contributed by atoms with E-state index >= 15 is 0 Å². The van der Waals surface area contributed by atoms with Crippen LogP contribution in [0.3, 0.4) is 0 Å². The standard InChI is InChI=1S/C24H24ClF5/c1-2-3-4-5-15-6-8-16(9-7-15)17-10-11-19(20(26)12-17)18-13-21(27)23(22(28)14-18)24(25,29)30/h2-3,10-16H,4-9H2,1H3/b3-2+. The van der Waals surface area contributed by atoms with Gasteiger partial charge in [0.25, 0.3) is 0 Å². The normalized spacial score (nSPS) is 20.1. The molecule has 0 unspecified atom stereocenters. The number of hydrogen-bond acceptors (Lipinski definition) is 0. The van der Waals surface area contributed by atoms with E-state index < -0.39 is 28.4 Å². The fourth-order valence-corrected chi connectivity index (χ4v) is 4.48. The zero-order valence-electron chi connectivity index (χ0n) is 16.7. The van der Waals surface area contributed by atoms with Crippen LogP contribution >= 0.6 is 11.6 Å². The van der Waals surface area contributed by atoms with Gasteiger partial charge in [-0.25, -0.2) is 13.2 Å². The summed E-state index contributed by atoms with van der Waals surface area (Å²) in [5, 5.41) is -4.18. The molecule has 0 spiro atoms. The van der Waals surface area contributed by atoms with Crippen LogP contribution in [0.2, 0.25) is 0 Å². The molecule has 2 aromatic rings. The van der Waals surface area contributed by atoms with Gasteiger partial charge < -0.3 is 0 Å². The predicted octanol–water partition coefficient (Wildman–Crippen LogP) is 8.69. The summed E-state index contributed by atoms with van der Waals surface area (Å²) in [4.78, 5) is 0. The molecule has 1 saturated carbocycles. The number of benzene rings is 2. The fourth-order valence-electron chi connectivity index (χ4n) is 4.30. The molecule has 0 bridgehead atoms. The van der Waals surface area contributed by atoms with Gasteiger partial charge in [-0.1, -0.05) is 24.3 Å². The molecule has 1 aliphatic carbocycles. The van der Waals surface area contributed by atoms with Crippen LogP contribution in [0.1, 0.15) is 62.5 Å². The van der Waals surface area contributed by atoms with Crippen molar-refractivity contribution >= 4 is 11.6 Å². The Hall–Kier alpha value is -1.88. The summed E-state index contributed by atoms with van der Waals surface area (Å²) in [7, 11) is 0. The molecule has 6 heteroatoms. The molecule has 0 aromatic heterocycles. The van der Waals surface area contributed by atoms with Crippen molar-refractivity contribution in [2.45, 2.75) is 56.7 Å². The van der Waals surface area contributed by atoms with E-state index in [1.807, 2.05) is 6.92 Å². The highest BCUT2D eigenvalue weighted by atomic mass is 35.5. The van der Waals surface area contributed by atoms with Crippen molar-refractivity contribution in [1.29, 1.82) is 0 Å². The van der Waals surface area contributed by atoms with Gasteiger partial charge in [-0.3, -0.25) is 0 Å². The van der Waals surface area contributed by atoms with Crippen molar-refractivity contribution in [2.75, 3.05) is 0 Å². The second-order valence-electron chi connectivity index (χ2n) is 7.92. The van der Waals surface area contributed by atoms with Crippen molar-refractivity contribution in [3.63, 3.8) is 0 Å². The summed E-state index contributed by atoms with van der Waals surface area (Å²) in [6.45, 7) is 2.01. The Bertz CT molecular complexity index is 885. The molecular weight excluding hydrogens is 419 g/mol. The molecule has 0 heterocycles. The molecule has 0 nitrogen and oxygen atoms in total. The molecule has 0 saturated heterocycles. The summed E-state index contributed by atoms with van der Waals surface area (Å²) in [5.74, 6) is -2.72. The van der Waals surface area contributed by atoms with E-state index in [0.29, 0.717) is 18.1 Å². The van der Waals surface area contributed by atoms with E-state index in [0.717, 1.165) is 37.7 Å². The van der Waals surface area contributed by atoms with E-state index in [1.54, 1.807) is 6.07 Å². The first-order valence-electron chi connectivity index (χ1n) is 10.2. The maximum atomic E-state index is 14.7. The SMILES string of the molecule is C/C=C/CCC1CCC(c2ccc(-c3cc(F)c(C(F)(F)Cl)c(F)c3)c(F)c2)CC1. The first-order valence-corrected chi connectivity index (χ1v) is 10.6. The van der Waals surface area contributed by atoms with Gasteiger partial charge >= 0.3 is 5.38 Å². The molecule has 0 N–H and O–H groups in total. The maximum Gasteiger partial charge on any atom is 0.353 e. The van der Waals surface area contributed by atoms with E-state index in [4.69, 9.17) is 11.6 Å². The highest BCUT2D eigenvalue weighted by Gasteiger charge is 2.35. The minimum absolute atomic E-state index is 0.0407. The van der Waals surface area contributed by atoms with Crippen LogP contribution in [0.4, 0.5) is 22.0 Å². The Morgan fingerprint density at radius 1 is 0.967 bits per heavy atom. The molecule has 30 heavy (non-hydrogen) atoms. The van der Waals surface area contributed by atoms with Crippen LogP contribution in [0.25, 0.3) is 11.1 Å². The quantitative estimate of drug-likeness (QED) is 0.238.